The van der Waals surface area contributed by atoms with Crippen molar-refractivity contribution in [2.75, 3.05) is 13.1 Å². The lowest BCUT2D eigenvalue weighted by Gasteiger charge is -2.17. The number of amides is 2. The summed E-state index contributed by atoms with van der Waals surface area (Å²) in [6.45, 7) is 0.397. The number of benzene rings is 6. The van der Waals surface area contributed by atoms with E-state index in [0.29, 0.717) is 45.9 Å². The minimum atomic E-state index is -1.29. The molecule has 0 saturated heterocycles. The average molecular weight is 805 g/mol. The molecule has 60 heavy (non-hydrogen) atoms. The first-order valence-corrected chi connectivity index (χ1v) is 18.6. The average Bonchev–Trinajstić information content (AvgIpc) is 3.22. The zero-order chi connectivity index (χ0) is 42.2. The van der Waals surface area contributed by atoms with E-state index in [1.165, 1.54) is 97.1 Å². The van der Waals surface area contributed by atoms with Gasteiger partial charge in [0.1, 0.15) is 34.2 Å². The van der Waals surface area contributed by atoms with Gasteiger partial charge in [-0.1, -0.05) is 12.1 Å². The van der Waals surface area contributed by atoms with Crippen molar-refractivity contribution in [2.45, 2.75) is 12.8 Å². The quantitative estimate of drug-likeness (QED) is 0.0563. The Hall–Kier alpha value is -8.26. The minimum absolute atomic E-state index is 0.0852. The molecule has 2 heterocycles. The normalized spacial score (nSPS) is 11.3. The summed E-state index contributed by atoms with van der Waals surface area (Å²) in [6, 6.07) is 25.6. The first kappa shape index (κ1) is 38.6. The van der Waals surface area contributed by atoms with Gasteiger partial charge in [-0.3, -0.25) is 19.2 Å². The summed E-state index contributed by atoms with van der Waals surface area (Å²) >= 11 is 0. The monoisotopic (exact) mass is 804 g/mol. The number of phenols is 2. The molecular weight excluding hydrogens is 773 g/mol. The number of carboxylic acid groups (broad SMARTS) is 2. The van der Waals surface area contributed by atoms with Crippen molar-refractivity contribution in [1.82, 2.24) is 10.6 Å². The fraction of sp³-hybridized carbons (Fsp3) is 0.0870. The van der Waals surface area contributed by atoms with Gasteiger partial charge in [-0.2, -0.15) is 0 Å². The number of phenolic OH excluding ortho intramolecular Hbond substituents is 2. The van der Waals surface area contributed by atoms with Crippen molar-refractivity contribution < 1.29 is 48.4 Å². The molecule has 0 radical (unpaired) electrons. The summed E-state index contributed by atoms with van der Waals surface area (Å²) in [5.41, 5.74) is 2.04. The highest BCUT2D eigenvalue weighted by Crippen LogP contribution is 2.43. The molecule has 0 atom stereocenters. The van der Waals surface area contributed by atoms with Gasteiger partial charge >= 0.3 is 11.9 Å². The summed E-state index contributed by atoms with van der Waals surface area (Å²) < 4.78 is 11.7. The Balaban J connectivity index is 0.936. The number of unbranched alkanes of at least 4 members (excludes halogenated alkanes) is 1. The van der Waals surface area contributed by atoms with Crippen molar-refractivity contribution in [3.8, 4) is 56.4 Å². The standard InChI is InChI=1S/C46H32N2O12/c49-25-5-11-31-37(19-25)59-38-20-26(50)6-12-32(38)41(31)29-9-3-23(17-35(29)45(55)56)43(53)47-15-1-2-16-48-44(54)24-4-10-30(36(18-24)46(57)58)42-33-13-7-27(51)21-39(33)60-40-22-28(52)8-14-34(40)42/h3-14,17-22,49,51H,1-2,15-16H2,(H,47,53)(H,48,54)(H,55,56)(H,57,58). The Morgan fingerprint density at radius 2 is 0.883 bits per heavy atom. The third-order valence-electron chi connectivity index (χ3n) is 10.1. The molecule has 6 N–H and O–H groups in total. The Kier molecular flexibility index (Phi) is 10.0. The zero-order valence-electron chi connectivity index (χ0n) is 31.3. The fourth-order valence-electron chi connectivity index (χ4n) is 7.32. The zero-order valence-corrected chi connectivity index (χ0v) is 31.3. The topological polar surface area (TPSA) is 234 Å². The Bertz CT molecular complexity index is 2920. The van der Waals surface area contributed by atoms with Gasteiger partial charge in [-0.05, 0) is 96.8 Å². The molecule has 0 unspecified atom stereocenters. The van der Waals surface area contributed by atoms with Crippen LogP contribution in [0.2, 0.25) is 0 Å². The predicted molar refractivity (Wildman–Crippen MR) is 220 cm³/mol. The smallest absolute Gasteiger partial charge is 0.336 e. The molecule has 2 aliphatic heterocycles. The molecule has 2 amide bonds. The van der Waals surface area contributed by atoms with Gasteiger partial charge in [0.05, 0.1) is 11.1 Å². The summed E-state index contributed by atoms with van der Waals surface area (Å²) in [6.07, 6.45) is 0.879. The lowest BCUT2D eigenvalue weighted by molar-refractivity contribution is 0.0686. The van der Waals surface area contributed by atoms with Crippen molar-refractivity contribution in [3.05, 3.63) is 152 Å². The first-order valence-electron chi connectivity index (χ1n) is 18.6. The van der Waals surface area contributed by atoms with Crippen molar-refractivity contribution in [1.29, 1.82) is 0 Å². The SMILES string of the molecule is O=C(NCCCCNC(=O)c1ccc(-c2c3ccc(=O)cc-3oc3cc(O)ccc23)c(C(=O)O)c1)c1ccc(-c2c3ccc(=O)cc-3oc3cc(O)ccc23)c(C(=O)O)c1. The fourth-order valence-corrected chi connectivity index (χ4v) is 7.32. The largest absolute Gasteiger partial charge is 0.508 e. The van der Waals surface area contributed by atoms with Gasteiger partial charge in [0.25, 0.3) is 11.8 Å². The Labute approximate surface area is 338 Å². The molecule has 0 aromatic heterocycles. The van der Waals surface area contributed by atoms with Crippen LogP contribution in [0, 0.1) is 0 Å². The van der Waals surface area contributed by atoms with Gasteiger partial charge < -0.3 is 39.9 Å². The number of carbonyl (C=O) groups is 4. The number of rotatable bonds is 11. The Morgan fingerprint density at radius 1 is 0.483 bits per heavy atom. The molecule has 4 aliphatic rings. The number of carbonyl (C=O) groups excluding carboxylic acids is 2. The first-order chi connectivity index (χ1) is 28.9. The molecule has 0 saturated carbocycles. The molecular formula is C46H32N2O12. The number of nitrogens with one attached hydrogen (secondary N) is 2. The third-order valence-corrected chi connectivity index (χ3v) is 10.1. The minimum Gasteiger partial charge on any atom is -0.508 e. The van der Waals surface area contributed by atoms with E-state index in [1.54, 1.807) is 12.1 Å². The molecule has 4 aromatic carbocycles. The van der Waals surface area contributed by atoms with Crippen LogP contribution in [0.5, 0.6) is 11.5 Å². The van der Waals surface area contributed by atoms with E-state index in [1.807, 2.05) is 0 Å². The maximum atomic E-state index is 13.2. The van der Waals surface area contributed by atoms with Crippen LogP contribution in [0.15, 0.2) is 128 Å². The van der Waals surface area contributed by atoms with E-state index < -0.39 is 23.8 Å². The maximum absolute atomic E-state index is 13.2. The number of aromatic hydroxyl groups is 2. The van der Waals surface area contributed by atoms with Gasteiger partial charge in [0, 0.05) is 81.5 Å². The molecule has 4 aromatic rings. The molecule has 14 heteroatoms. The second kappa shape index (κ2) is 15.6. The number of hydrogen-bond acceptors (Lipinski definition) is 10. The lowest BCUT2D eigenvalue weighted by Crippen LogP contribution is -2.27. The highest BCUT2D eigenvalue weighted by molar-refractivity contribution is 6.10. The van der Waals surface area contributed by atoms with Crippen LogP contribution in [0.4, 0.5) is 0 Å². The van der Waals surface area contributed by atoms with Crippen LogP contribution in [0.1, 0.15) is 54.3 Å². The predicted octanol–water partition coefficient (Wildman–Crippen LogP) is 7.19. The lowest BCUT2D eigenvalue weighted by atomic mass is 9.90. The van der Waals surface area contributed by atoms with Crippen LogP contribution in [0.3, 0.4) is 0 Å². The van der Waals surface area contributed by atoms with E-state index in [9.17, 15) is 49.2 Å². The van der Waals surface area contributed by atoms with Crippen LogP contribution in [0.25, 0.3) is 66.8 Å². The van der Waals surface area contributed by atoms with Crippen LogP contribution in [-0.4, -0.2) is 57.3 Å². The molecule has 298 valence electrons. The molecule has 0 fully saturated rings. The van der Waals surface area contributed by atoms with E-state index >= 15 is 0 Å². The summed E-state index contributed by atoms with van der Waals surface area (Å²) in [7, 11) is 0. The van der Waals surface area contributed by atoms with E-state index in [-0.39, 0.29) is 91.5 Å². The summed E-state index contributed by atoms with van der Waals surface area (Å²) in [4.78, 5) is 75.7. The molecule has 2 aliphatic carbocycles. The van der Waals surface area contributed by atoms with Crippen LogP contribution < -0.4 is 21.5 Å². The van der Waals surface area contributed by atoms with E-state index in [4.69, 9.17) is 8.83 Å². The van der Waals surface area contributed by atoms with E-state index in [2.05, 4.69) is 10.6 Å². The van der Waals surface area contributed by atoms with Crippen molar-refractivity contribution >= 4 is 45.7 Å². The highest BCUT2D eigenvalue weighted by Gasteiger charge is 2.25. The number of aromatic carboxylic acids is 2. The number of fused-ring (bicyclic) bond motifs is 4. The second-order valence-corrected chi connectivity index (χ2v) is 14.0. The molecule has 0 spiro atoms. The molecule has 8 rings (SSSR count). The maximum Gasteiger partial charge on any atom is 0.336 e. The Morgan fingerprint density at radius 3 is 1.28 bits per heavy atom. The number of hydrogen-bond donors (Lipinski definition) is 6. The highest BCUT2D eigenvalue weighted by atomic mass is 16.4. The molecule has 0 bridgehead atoms. The van der Waals surface area contributed by atoms with Crippen molar-refractivity contribution in [2.24, 2.45) is 0 Å². The van der Waals surface area contributed by atoms with Gasteiger partial charge in [-0.25, -0.2) is 9.59 Å². The summed E-state index contributed by atoms with van der Waals surface area (Å²) in [5, 5.41) is 47.1. The number of carboxylic acids is 2. The van der Waals surface area contributed by atoms with Gasteiger partial charge in [-0.15, -0.1) is 0 Å². The van der Waals surface area contributed by atoms with Crippen molar-refractivity contribution in [3.63, 3.8) is 0 Å². The van der Waals surface area contributed by atoms with Gasteiger partial charge in [0.15, 0.2) is 10.9 Å². The second-order valence-electron chi connectivity index (χ2n) is 14.0. The van der Waals surface area contributed by atoms with Crippen LogP contribution in [-0.2, 0) is 0 Å². The third kappa shape index (κ3) is 7.36. The molecule has 14 nitrogen and oxygen atoms in total. The van der Waals surface area contributed by atoms with Gasteiger partial charge in [0.2, 0.25) is 0 Å². The van der Waals surface area contributed by atoms with Crippen LogP contribution >= 0.6 is 0 Å². The summed E-state index contributed by atoms with van der Waals surface area (Å²) in [5.74, 6) is -3.41. The van der Waals surface area contributed by atoms with E-state index in [0.717, 1.165) is 0 Å².